The zero-order valence-electron chi connectivity index (χ0n) is 12.8. The van der Waals surface area contributed by atoms with E-state index in [2.05, 4.69) is 4.98 Å². The molecule has 0 N–H and O–H groups in total. The number of piperazine rings is 1. The summed E-state index contributed by atoms with van der Waals surface area (Å²) in [5, 5.41) is 2.72. The predicted octanol–water partition coefficient (Wildman–Crippen LogP) is 0.580. The maximum Gasteiger partial charge on any atom is 0.228 e. The molecule has 0 aliphatic carbocycles. The molecule has 3 rings (SSSR count). The van der Waals surface area contributed by atoms with Gasteiger partial charge in [-0.05, 0) is 12.1 Å². The molecule has 124 valence electrons. The summed E-state index contributed by atoms with van der Waals surface area (Å²) in [5.41, 5.74) is 0.745. The van der Waals surface area contributed by atoms with E-state index < -0.39 is 10.0 Å². The van der Waals surface area contributed by atoms with Gasteiger partial charge in [-0.15, -0.1) is 11.3 Å². The van der Waals surface area contributed by atoms with Crippen molar-refractivity contribution in [3.63, 3.8) is 0 Å². The van der Waals surface area contributed by atoms with Gasteiger partial charge >= 0.3 is 0 Å². The molecule has 1 amide bonds. The Morgan fingerprint density at radius 3 is 2.48 bits per heavy atom. The third-order valence-electron chi connectivity index (χ3n) is 3.76. The maximum absolute atomic E-state index is 12.3. The van der Waals surface area contributed by atoms with E-state index in [0.29, 0.717) is 26.2 Å². The van der Waals surface area contributed by atoms with E-state index in [9.17, 15) is 13.2 Å². The van der Waals surface area contributed by atoms with Crippen molar-refractivity contribution in [2.75, 3.05) is 32.4 Å². The molecule has 1 aliphatic rings. The zero-order valence-corrected chi connectivity index (χ0v) is 14.4. The smallest absolute Gasteiger partial charge is 0.228 e. The van der Waals surface area contributed by atoms with Crippen LogP contribution in [0.2, 0.25) is 0 Å². The Kier molecular flexibility index (Phi) is 4.51. The first kappa shape index (κ1) is 16.2. The fourth-order valence-electron chi connectivity index (χ4n) is 2.49. The highest BCUT2D eigenvalue weighted by Crippen LogP contribution is 2.16. The number of amides is 1. The molecule has 2 aromatic heterocycles. The predicted molar refractivity (Wildman–Crippen MR) is 88.1 cm³/mol. The Hall–Kier alpha value is -1.71. The van der Waals surface area contributed by atoms with Gasteiger partial charge in [0.2, 0.25) is 15.9 Å². The number of carbonyl (C=O) groups is 1. The van der Waals surface area contributed by atoms with Gasteiger partial charge in [-0.25, -0.2) is 13.4 Å². The monoisotopic (exact) mass is 354 g/mol. The van der Waals surface area contributed by atoms with Crippen LogP contribution in [0.3, 0.4) is 0 Å². The summed E-state index contributed by atoms with van der Waals surface area (Å²) in [6.07, 6.45) is 5.27. The Bertz CT molecular complexity index is 775. The molecular weight excluding hydrogens is 336 g/mol. The second kappa shape index (κ2) is 6.42. The minimum atomic E-state index is -3.17. The number of nitrogens with zero attached hydrogens (tertiary/aromatic N) is 4. The van der Waals surface area contributed by atoms with Crippen LogP contribution in [-0.4, -0.2) is 65.5 Å². The van der Waals surface area contributed by atoms with Gasteiger partial charge in [0.05, 0.1) is 18.4 Å². The first-order valence-electron chi connectivity index (χ1n) is 7.24. The number of hydrogen-bond acceptors (Lipinski definition) is 5. The number of sulfonamides is 1. The Morgan fingerprint density at radius 1 is 1.22 bits per heavy atom. The van der Waals surface area contributed by atoms with Crippen LogP contribution in [0.1, 0.15) is 5.69 Å². The van der Waals surface area contributed by atoms with Gasteiger partial charge in [0.15, 0.2) is 5.13 Å². The lowest BCUT2D eigenvalue weighted by Crippen LogP contribution is -2.50. The average molecular weight is 354 g/mol. The fraction of sp³-hybridized carbons (Fsp3) is 0.429. The topological polar surface area (TPSA) is 75.5 Å². The molecule has 3 heterocycles. The third kappa shape index (κ3) is 3.80. The highest BCUT2D eigenvalue weighted by molar-refractivity contribution is 7.88. The number of aromatic nitrogens is 2. The second-order valence-corrected chi connectivity index (χ2v) is 8.25. The molecule has 0 unspecified atom stereocenters. The quantitative estimate of drug-likeness (QED) is 0.805. The largest absolute Gasteiger partial charge is 0.340 e. The minimum Gasteiger partial charge on any atom is -0.340 e. The van der Waals surface area contributed by atoms with Crippen LogP contribution in [-0.2, 0) is 21.2 Å². The molecule has 2 aromatic rings. The van der Waals surface area contributed by atoms with Crippen molar-refractivity contribution < 1.29 is 13.2 Å². The SMILES string of the molecule is CS(=O)(=O)N1CCN(C(=O)Cc2csc(-n3cccc3)n2)CC1. The summed E-state index contributed by atoms with van der Waals surface area (Å²) in [6.45, 7) is 1.58. The summed E-state index contributed by atoms with van der Waals surface area (Å²) in [6, 6.07) is 3.85. The maximum atomic E-state index is 12.3. The number of thiazole rings is 1. The third-order valence-corrected chi connectivity index (χ3v) is 5.96. The van der Waals surface area contributed by atoms with Gasteiger partial charge in [-0.3, -0.25) is 4.79 Å². The summed E-state index contributed by atoms with van der Waals surface area (Å²) in [7, 11) is -3.17. The van der Waals surface area contributed by atoms with Crippen LogP contribution >= 0.6 is 11.3 Å². The first-order chi connectivity index (χ1) is 10.9. The summed E-state index contributed by atoms with van der Waals surface area (Å²) in [4.78, 5) is 18.5. The molecule has 23 heavy (non-hydrogen) atoms. The van der Waals surface area contributed by atoms with Gasteiger partial charge in [0.1, 0.15) is 0 Å². The Labute approximate surface area is 139 Å². The fourth-order valence-corrected chi connectivity index (χ4v) is 4.11. The van der Waals surface area contributed by atoms with Gasteiger partial charge in [0, 0.05) is 44.0 Å². The highest BCUT2D eigenvalue weighted by atomic mass is 32.2. The lowest BCUT2D eigenvalue weighted by molar-refractivity contribution is -0.131. The van der Waals surface area contributed by atoms with Crippen molar-refractivity contribution in [1.82, 2.24) is 18.8 Å². The molecule has 1 aliphatic heterocycles. The average Bonchev–Trinajstić information content (AvgIpc) is 3.17. The van der Waals surface area contributed by atoms with Crippen LogP contribution in [0.5, 0.6) is 0 Å². The molecule has 1 fully saturated rings. The summed E-state index contributed by atoms with van der Waals surface area (Å²) >= 11 is 1.49. The van der Waals surface area contributed by atoms with Crippen molar-refractivity contribution in [2.24, 2.45) is 0 Å². The van der Waals surface area contributed by atoms with E-state index >= 15 is 0 Å². The molecule has 7 nitrogen and oxygen atoms in total. The number of rotatable bonds is 4. The van der Waals surface area contributed by atoms with E-state index in [0.717, 1.165) is 10.8 Å². The lowest BCUT2D eigenvalue weighted by atomic mass is 10.2. The van der Waals surface area contributed by atoms with Crippen molar-refractivity contribution in [3.8, 4) is 5.13 Å². The van der Waals surface area contributed by atoms with E-state index in [-0.39, 0.29) is 12.3 Å². The standard InChI is InChI=1S/C14H18N4O3S2/c1-23(20,21)18-8-6-16(7-9-18)13(19)10-12-11-22-14(15-12)17-4-2-3-5-17/h2-5,11H,6-10H2,1H3. The van der Waals surface area contributed by atoms with Gasteiger partial charge in [0.25, 0.3) is 0 Å². The Morgan fingerprint density at radius 2 is 1.87 bits per heavy atom. The van der Waals surface area contributed by atoms with E-state index in [1.54, 1.807) is 4.90 Å². The van der Waals surface area contributed by atoms with E-state index in [1.807, 2.05) is 34.5 Å². The van der Waals surface area contributed by atoms with Crippen LogP contribution in [0, 0.1) is 0 Å². The normalized spacial score (nSPS) is 16.7. The van der Waals surface area contributed by atoms with Gasteiger partial charge in [-0.2, -0.15) is 4.31 Å². The van der Waals surface area contributed by atoms with E-state index in [1.165, 1.54) is 21.9 Å². The van der Waals surface area contributed by atoms with Crippen LogP contribution in [0.15, 0.2) is 29.9 Å². The molecular formula is C14H18N4O3S2. The molecule has 0 bridgehead atoms. The molecule has 1 saturated heterocycles. The van der Waals surface area contributed by atoms with Crippen molar-refractivity contribution in [3.05, 3.63) is 35.6 Å². The molecule has 0 radical (unpaired) electrons. The first-order valence-corrected chi connectivity index (χ1v) is 9.97. The zero-order chi connectivity index (χ0) is 16.4. The molecule has 0 spiro atoms. The Balaban J connectivity index is 1.58. The van der Waals surface area contributed by atoms with E-state index in [4.69, 9.17) is 0 Å². The van der Waals surface area contributed by atoms with Crippen LogP contribution in [0.4, 0.5) is 0 Å². The van der Waals surface area contributed by atoms with Crippen molar-refractivity contribution >= 4 is 27.3 Å². The molecule has 0 aromatic carbocycles. The summed E-state index contributed by atoms with van der Waals surface area (Å²) < 4.78 is 26.3. The number of hydrogen-bond donors (Lipinski definition) is 0. The molecule has 0 saturated carbocycles. The number of carbonyl (C=O) groups excluding carboxylic acids is 1. The highest BCUT2D eigenvalue weighted by Gasteiger charge is 2.26. The second-order valence-electron chi connectivity index (χ2n) is 5.43. The van der Waals surface area contributed by atoms with Crippen molar-refractivity contribution in [1.29, 1.82) is 0 Å². The molecule has 0 atom stereocenters. The van der Waals surface area contributed by atoms with Crippen LogP contribution in [0.25, 0.3) is 5.13 Å². The lowest BCUT2D eigenvalue weighted by Gasteiger charge is -2.33. The van der Waals surface area contributed by atoms with Crippen molar-refractivity contribution in [2.45, 2.75) is 6.42 Å². The summed E-state index contributed by atoms with van der Waals surface area (Å²) in [5.74, 6) is -0.0116. The van der Waals surface area contributed by atoms with Crippen LogP contribution < -0.4 is 0 Å². The molecule has 9 heteroatoms. The van der Waals surface area contributed by atoms with Gasteiger partial charge in [-0.1, -0.05) is 0 Å². The van der Waals surface area contributed by atoms with Gasteiger partial charge < -0.3 is 9.47 Å². The minimum absolute atomic E-state index is 0.0116.